The monoisotopic (exact) mass is 264 g/mol. The van der Waals surface area contributed by atoms with Crippen molar-refractivity contribution in [2.24, 2.45) is 5.92 Å². The predicted molar refractivity (Wildman–Crippen MR) is 74.5 cm³/mol. The summed E-state index contributed by atoms with van der Waals surface area (Å²) in [5.41, 5.74) is 1.44. The first-order chi connectivity index (χ1) is 8.82. The molecule has 0 spiro atoms. The predicted octanol–water partition coefficient (Wildman–Crippen LogP) is 1.59. The van der Waals surface area contributed by atoms with Gasteiger partial charge in [0, 0.05) is 25.3 Å². The Kier molecular flexibility index (Phi) is 4.92. The molecule has 5 heteroatoms. The van der Waals surface area contributed by atoms with E-state index in [-0.39, 0.29) is 11.8 Å². The van der Waals surface area contributed by atoms with Gasteiger partial charge in [-0.2, -0.15) is 0 Å². The summed E-state index contributed by atoms with van der Waals surface area (Å²) in [5, 5.41) is 11.6. The molecule has 1 rings (SSSR count). The average molecular weight is 264 g/mol. The summed E-state index contributed by atoms with van der Waals surface area (Å²) in [5.74, 6) is -1.55. The van der Waals surface area contributed by atoms with E-state index in [9.17, 15) is 9.59 Å². The first kappa shape index (κ1) is 15.0. The summed E-state index contributed by atoms with van der Waals surface area (Å²) in [6.07, 6.45) is 0. The summed E-state index contributed by atoms with van der Waals surface area (Å²) in [7, 11) is 3.82. The minimum Gasteiger partial charge on any atom is -0.480 e. The molecule has 0 aliphatic carbocycles. The van der Waals surface area contributed by atoms with Crippen LogP contribution in [0.1, 0.15) is 24.2 Å². The van der Waals surface area contributed by atoms with E-state index in [0.717, 1.165) is 5.69 Å². The Balaban J connectivity index is 2.80. The van der Waals surface area contributed by atoms with E-state index < -0.39 is 12.0 Å². The van der Waals surface area contributed by atoms with Gasteiger partial charge in [-0.3, -0.25) is 4.79 Å². The summed E-state index contributed by atoms with van der Waals surface area (Å²) < 4.78 is 0. The van der Waals surface area contributed by atoms with Crippen molar-refractivity contribution in [1.29, 1.82) is 0 Å². The van der Waals surface area contributed by atoms with Crippen molar-refractivity contribution in [2.75, 3.05) is 19.0 Å². The maximum absolute atomic E-state index is 12.0. The number of carbonyl (C=O) groups is 2. The van der Waals surface area contributed by atoms with Gasteiger partial charge in [0.05, 0.1) is 0 Å². The second-order valence-corrected chi connectivity index (χ2v) is 4.97. The molecule has 0 aliphatic rings. The van der Waals surface area contributed by atoms with E-state index in [0.29, 0.717) is 5.56 Å². The van der Waals surface area contributed by atoms with E-state index >= 15 is 0 Å². The van der Waals surface area contributed by atoms with Crippen molar-refractivity contribution in [3.8, 4) is 0 Å². The van der Waals surface area contributed by atoms with Crippen LogP contribution in [0.3, 0.4) is 0 Å². The number of carboxylic acid groups (broad SMARTS) is 1. The van der Waals surface area contributed by atoms with Gasteiger partial charge in [0.25, 0.3) is 5.91 Å². The van der Waals surface area contributed by atoms with E-state index in [1.165, 1.54) is 0 Å². The van der Waals surface area contributed by atoms with Crippen LogP contribution < -0.4 is 10.2 Å². The molecule has 19 heavy (non-hydrogen) atoms. The molecule has 1 amide bonds. The van der Waals surface area contributed by atoms with Gasteiger partial charge in [0.2, 0.25) is 0 Å². The van der Waals surface area contributed by atoms with Gasteiger partial charge in [0.1, 0.15) is 6.04 Å². The van der Waals surface area contributed by atoms with Gasteiger partial charge in [0.15, 0.2) is 0 Å². The zero-order valence-electron chi connectivity index (χ0n) is 11.7. The van der Waals surface area contributed by atoms with Gasteiger partial charge in [-0.1, -0.05) is 13.8 Å². The SMILES string of the molecule is CC(C)C(NC(=O)c1ccc(N(C)C)cc1)C(=O)O. The standard InChI is InChI=1S/C14H20N2O3/c1-9(2)12(14(18)19)15-13(17)10-5-7-11(8-6-10)16(3)4/h5-9,12H,1-4H3,(H,15,17)(H,18,19). The van der Waals surface area contributed by atoms with Crippen molar-refractivity contribution in [1.82, 2.24) is 5.32 Å². The molecule has 1 aromatic rings. The Morgan fingerprint density at radius 1 is 1.16 bits per heavy atom. The minimum absolute atomic E-state index is 0.164. The normalized spacial score (nSPS) is 12.1. The van der Waals surface area contributed by atoms with E-state index in [1.807, 2.05) is 31.1 Å². The van der Waals surface area contributed by atoms with Crippen molar-refractivity contribution >= 4 is 17.6 Å². The van der Waals surface area contributed by atoms with Gasteiger partial charge in [-0.15, -0.1) is 0 Å². The van der Waals surface area contributed by atoms with E-state index in [1.54, 1.807) is 26.0 Å². The zero-order chi connectivity index (χ0) is 14.6. The van der Waals surface area contributed by atoms with Gasteiger partial charge < -0.3 is 15.3 Å². The Morgan fingerprint density at radius 2 is 1.68 bits per heavy atom. The number of carboxylic acids is 1. The maximum Gasteiger partial charge on any atom is 0.326 e. The summed E-state index contributed by atoms with van der Waals surface area (Å²) in [4.78, 5) is 24.9. The number of amides is 1. The Hall–Kier alpha value is -2.04. The lowest BCUT2D eigenvalue weighted by molar-refractivity contribution is -0.140. The van der Waals surface area contributed by atoms with Crippen LogP contribution in [0, 0.1) is 5.92 Å². The smallest absolute Gasteiger partial charge is 0.326 e. The second kappa shape index (κ2) is 6.22. The number of anilines is 1. The van der Waals surface area contributed by atoms with Crippen LogP contribution in [-0.2, 0) is 4.79 Å². The highest BCUT2D eigenvalue weighted by molar-refractivity contribution is 5.96. The third-order valence-electron chi connectivity index (χ3n) is 2.87. The number of carbonyl (C=O) groups excluding carboxylic acids is 1. The lowest BCUT2D eigenvalue weighted by Gasteiger charge is -2.18. The van der Waals surface area contributed by atoms with Gasteiger partial charge >= 0.3 is 5.97 Å². The highest BCUT2D eigenvalue weighted by Crippen LogP contribution is 2.12. The van der Waals surface area contributed by atoms with Crippen LogP contribution in [0.15, 0.2) is 24.3 Å². The van der Waals surface area contributed by atoms with Gasteiger partial charge in [-0.05, 0) is 30.2 Å². The molecule has 0 bridgehead atoms. The Morgan fingerprint density at radius 3 is 2.05 bits per heavy atom. The first-order valence-electron chi connectivity index (χ1n) is 6.14. The minimum atomic E-state index is -1.02. The van der Waals surface area contributed by atoms with E-state index in [2.05, 4.69) is 5.32 Å². The molecule has 104 valence electrons. The van der Waals surface area contributed by atoms with Crippen molar-refractivity contribution in [3.05, 3.63) is 29.8 Å². The number of hydrogen-bond acceptors (Lipinski definition) is 3. The number of aliphatic carboxylic acids is 1. The molecule has 1 unspecified atom stereocenters. The van der Waals surface area contributed by atoms with E-state index in [4.69, 9.17) is 5.11 Å². The number of nitrogens with one attached hydrogen (secondary N) is 1. The molecule has 0 aromatic heterocycles. The molecular weight excluding hydrogens is 244 g/mol. The highest BCUT2D eigenvalue weighted by Gasteiger charge is 2.23. The van der Waals surface area contributed by atoms with Crippen LogP contribution in [0.2, 0.25) is 0 Å². The van der Waals surface area contributed by atoms with Crippen molar-refractivity contribution < 1.29 is 14.7 Å². The van der Waals surface area contributed by atoms with Crippen LogP contribution >= 0.6 is 0 Å². The lowest BCUT2D eigenvalue weighted by Crippen LogP contribution is -2.44. The van der Waals surface area contributed by atoms with Crippen LogP contribution in [0.25, 0.3) is 0 Å². The van der Waals surface area contributed by atoms with Crippen molar-refractivity contribution in [2.45, 2.75) is 19.9 Å². The molecule has 0 saturated carbocycles. The molecule has 5 nitrogen and oxygen atoms in total. The fourth-order valence-corrected chi connectivity index (χ4v) is 1.65. The molecule has 1 aromatic carbocycles. The zero-order valence-corrected chi connectivity index (χ0v) is 11.7. The number of nitrogens with zero attached hydrogens (tertiary/aromatic N) is 1. The van der Waals surface area contributed by atoms with Crippen LogP contribution in [0.4, 0.5) is 5.69 Å². The average Bonchev–Trinajstić information content (AvgIpc) is 2.34. The van der Waals surface area contributed by atoms with Crippen LogP contribution in [-0.4, -0.2) is 37.1 Å². The van der Waals surface area contributed by atoms with Gasteiger partial charge in [-0.25, -0.2) is 4.79 Å². The summed E-state index contributed by atoms with van der Waals surface area (Å²) in [6.45, 7) is 3.52. The highest BCUT2D eigenvalue weighted by atomic mass is 16.4. The molecule has 2 N–H and O–H groups in total. The number of rotatable bonds is 5. The fourth-order valence-electron chi connectivity index (χ4n) is 1.65. The molecule has 0 heterocycles. The third-order valence-corrected chi connectivity index (χ3v) is 2.87. The first-order valence-corrected chi connectivity index (χ1v) is 6.14. The lowest BCUT2D eigenvalue weighted by atomic mass is 10.0. The summed E-state index contributed by atoms with van der Waals surface area (Å²) in [6, 6.07) is 6.13. The fraction of sp³-hybridized carbons (Fsp3) is 0.429. The Labute approximate surface area is 113 Å². The maximum atomic E-state index is 12.0. The van der Waals surface area contributed by atoms with Crippen LogP contribution in [0.5, 0.6) is 0 Å². The molecule has 0 fully saturated rings. The number of benzene rings is 1. The molecule has 0 radical (unpaired) electrons. The largest absolute Gasteiger partial charge is 0.480 e. The molecule has 0 saturated heterocycles. The third kappa shape index (κ3) is 3.98. The molecular formula is C14H20N2O3. The molecule has 1 atom stereocenters. The second-order valence-electron chi connectivity index (χ2n) is 4.97. The quantitative estimate of drug-likeness (QED) is 0.847. The van der Waals surface area contributed by atoms with Crippen molar-refractivity contribution in [3.63, 3.8) is 0 Å². The topological polar surface area (TPSA) is 69.6 Å². The Bertz CT molecular complexity index is 452. The summed E-state index contributed by atoms with van der Waals surface area (Å²) >= 11 is 0. The number of hydrogen-bond donors (Lipinski definition) is 2. The molecule has 0 aliphatic heterocycles.